The van der Waals surface area contributed by atoms with Gasteiger partial charge in [-0.15, -0.1) is 0 Å². The van der Waals surface area contributed by atoms with Gasteiger partial charge in [0.1, 0.15) is 11.8 Å². The van der Waals surface area contributed by atoms with Gasteiger partial charge in [-0.1, -0.05) is 0 Å². The highest BCUT2D eigenvalue weighted by molar-refractivity contribution is 5.63. The van der Waals surface area contributed by atoms with E-state index >= 15 is 0 Å². The number of aromatic nitrogens is 3. The summed E-state index contributed by atoms with van der Waals surface area (Å²) in [7, 11) is 0. The fraction of sp³-hybridized carbons (Fsp3) is 0. The van der Waals surface area contributed by atoms with E-state index in [-0.39, 0.29) is 0 Å². The summed E-state index contributed by atoms with van der Waals surface area (Å²) in [4.78, 5) is 3.83. The van der Waals surface area contributed by atoms with Crippen LogP contribution in [0.2, 0.25) is 0 Å². The molecule has 2 heterocycles. The highest BCUT2D eigenvalue weighted by Crippen LogP contribution is 2.06. The minimum Gasteiger partial charge on any atom is -0.382 e. The van der Waals surface area contributed by atoms with Gasteiger partial charge in [0.05, 0.1) is 0 Å². The van der Waals surface area contributed by atoms with Crippen LogP contribution >= 0.6 is 0 Å². The molecule has 50 valence electrons. The molecule has 0 atom stereocenters. The molecule has 0 fully saturated rings. The van der Waals surface area contributed by atoms with E-state index in [1.165, 1.54) is 6.33 Å². The van der Waals surface area contributed by atoms with Gasteiger partial charge in [0.2, 0.25) is 0 Å². The van der Waals surface area contributed by atoms with Crippen LogP contribution in [0.4, 0.5) is 5.82 Å². The monoisotopic (exact) mass is 136 g/mol. The van der Waals surface area contributed by atoms with E-state index in [9.17, 15) is 0 Å². The van der Waals surface area contributed by atoms with Crippen molar-refractivity contribution in [1.29, 1.82) is 0 Å². The molecule has 2 aromatic heterocycles. The number of nitrogen functional groups attached to an aromatic ring is 1. The summed E-state index contributed by atoms with van der Waals surface area (Å²) in [6, 6.07) is 3.75. The maximum absolute atomic E-state index is 5.53. The molecule has 0 aliphatic carbocycles. The van der Waals surface area contributed by atoms with E-state index in [0.717, 1.165) is 5.52 Å². The van der Waals surface area contributed by atoms with Crippen LogP contribution in [0.15, 0.2) is 24.7 Å². The van der Waals surface area contributed by atoms with Gasteiger partial charge < -0.3 is 5.73 Å². The van der Waals surface area contributed by atoms with Gasteiger partial charge in [0, 0.05) is 6.20 Å². The first-order valence-corrected chi connectivity index (χ1v) is 2.92. The van der Waals surface area contributed by atoms with Crippen molar-refractivity contribution in [3.05, 3.63) is 24.7 Å². The standard InChI is InChI=1S/C6H6N4/c7-6-5-2-1-3-10(5)9-4-8-6/h1-4H,(H2,7,8,9)/i6+2. The quantitative estimate of drug-likeness (QED) is 0.567. The predicted molar refractivity (Wildman–Crippen MR) is 37.4 cm³/mol. The van der Waals surface area contributed by atoms with Crippen LogP contribution in [-0.4, -0.2) is 14.6 Å². The van der Waals surface area contributed by atoms with E-state index in [0.29, 0.717) is 5.82 Å². The molecule has 0 aliphatic rings. The molecule has 0 radical (unpaired) electrons. The molecular weight excluding hydrogens is 130 g/mol. The second-order valence-electron chi connectivity index (χ2n) is 1.98. The third kappa shape index (κ3) is 0.556. The summed E-state index contributed by atoms with van der Waals surface area (Å²) >= 11 is 0. The zero-order chi connectivity index (χ0) is 6.97. The fourth-order valence-electron chi connectivity index (χ4n) is 0.886. The van der Waals surface area contributed by atoms with Crippen molar-refractivity contribution >= 4 is 11.3 Å². The van der Waals surface area contributed by atoms with Crippen LogP contribution in [0.25, 0.3) is 5.52 Å². The SMILES string of the molecule is N[14c]1ncnn2cccc12. The molecule has 0 unspecified atom stereocenters. The third-order valence-electron chi connectivity index (χ3n) is 1.36. The van der Waals surface area contributed by atoms with Gasteiger partial charge in [-0.2, -0.15) is 5.10 Å². The molecule has 0 aliphatic heterocycles. The van der Waals surface area contributed by atoms with Crippen molar-refractivity contribution in [3.63, 3.8) is 0 Å². The normalized spacial score (nSPS) is 10.4. The number of hydrogen-bond donors (Lipinski definition) is 1. The van der Waals surface area contributed by atoms with Gasteiger partial charge in [-0.25, -0.2) is 9.50 Å². The molecular formula is C6H6N4. The highest BCUT2D eigenvalue weighted by atomic mass is 15.5. The first-order valence-electron chi connectivity index (χ1n) is 2.92. The van der Waals surface area contributed by atoms with Crippen LogP contribution in [0.5, 0.6) is 0 Å². The van der Waals surface area contributed by atoms with E-state index in [1.54, 1.807) is 4.52 Å². The molecule has 4 heteroatoms. The second kappa shape index (κ2) is 1.70. The minimum atomic E-state index is 0.514. The van der Waals surface area contributed by atoms with Crippen molar-refractivity contribution in [2.24, 2.45) is 0 Å². The molecule has 4 nitrogen and oxygen atoms in total. The van der Waals surface area contributed by atoms with Crippen LogP contribution in [0.1, 0.15) is 0 Å². The summed E-state index contributed by atoms with van der Waals surface area (Å²) in [5.74, 6) is 0.514. The average molecular weight is 136 g/mol. The van der Waals surface area contributed by atoms with Gasteiger partial charge in [-0.05, 0) is 12.1 Å². The van der Waals surface area contributed by atoms with Crippen molar-refractivity contribution in [2.75, 3.05) is 5.73 Å². The van der Waals surface area contributed by atoms with Crippen LogP contribution in [0.3, 0.4) is 0 Å². The Kier molecular flexibility index (Phi) is 0.887. The van der Waals surface area contributed by atoms with E-state index in [2.05, 4.69) is 10.1 Å². The first kappa shape index (κ1) is 5.22. The number of nitrogens with two attached hydrogens (primary N) is 1. The molecule has 2 rings (SSSR count). The molecule has 0 spiro atoms. The zero-order valence-corrected chi connectivity index (χ0v) is 5.23. The lowest BCUT2D eigenvalue weighted by Crippen LogP contribution is -1.96. The van der Waals surface area contributed by atoms with Crippen molar-refractivity contribution < 1.29 is 0 Å². The van der Waals surface area contributed by atoms with Crippen LogP contribution < -0.4 is 5.73 Å². The Bertz CT molecular complexity index is 351. The Balaban J connectivity index is 2.95. The highest BCUT2D eigenvalue weighted by Gasteiger charge is 1.95. The summed E-state index contributed by atoms with van der Waals surface area (Å²) in [5, 5.41) is 3.93. The lowest BCUT2D eigenvalue weighted by atomic mass is 10.6. The minimum absolute atomic E-state index is 0.514. The second-order valence-corrected chi connectivity index (χ2v) is 1.98. The molecule has 2 aromatic rings. The third-order valence-corrected chi connectivity index (χ3v) is 1.36. The van der Waals surface area contributed by atoms with E-state index in [1.807, 2.05) is 18.3 Å². The Labute approximate surface area is 57.3 Å². The maximum Gasteiger partial charge on any atom is 0.151 e. The fourth-order valence-corrected chi connectivity index (χ4v) is 0.886. The van der Waals surface area contributed by atoms with Crippen LogP contribution in [-0.2, 0) is 0 Å². The van der Waals surface area contributed by atoms with Crippen molar-refractivity contribution in [2.45, 2.75) is 0 Å². The number of anilines is 1. The molecule has 0 saturated heterocycles. The predicted octanol–water partition coefficient (Wildman–Crippen LogP) is 0.311. The summed E-state index contributed by atoms with van der Waals surface area (Å²) < 4.78 is 1.68. The Morgan fingerprint density at radius 3 is 3.30 bits per heavy atom. The average Bonchev–Trinajstić information content (AvgIpc) is 2.36. The van der Waals surface area contributed by atoms with Gasteiger partial charge in [0.15, 0.2) is 5.82 Å². The number of fused-ring (bicyclic) bond motifs is 1. The van der Waals surface area contributed by atoms with Crippen molar-refractivity contribution in [1.82, 2.24) is 14.6 Å². The van der Waals surface area contributed by atoms with Gasteiger partial charge in [0.25, 0.3) is 0 Å². The summed E-state index contributed by atoms with van der Waals surface area (Å²) in [5.41, 5.74) is 6.38. The van der Waals surface area contributed by atoms with Gasteiger partial charge >= 0.3 is 0 Å². The number of nitrogens with zero attached hydrogens (tertiary/aromatic N) is 3. The molecule has 2 N–H and O–H groups in total. The largest absolute Gasteiger partial charge is 0.382 e. The number of hydrogen-bond acceptors (Lipinski definition) is 3. The molecule has 0 amide bonds. The smallest absolute Gasteiger partial charge is 0.151 e. The van der Waals surface area contributed by atoms with E-state index in [4.69, 9.17) is 5.73 Å². The first-order chi connectivity index (χ1) is 4.88. The van der Waals surface area contributed by atoms with E-state index < -0.39 is 0 Å². The number of rotatable bonds is 0. The lowest BCUT2D eigenvalue weighted by Gasteiger charge is -1.93. The summed E-state index contributed by atoms with van der Waals surface area (Å²) in [6.45, 7) is 0. The Hall–Kier alpha value is -1.58. The molecule has 0 saturated carbocycles. The molecule has 0 aromatic carbocycles. The maximum atomic E-state index is 5.53. The zero-order valence-electron chi connectivity index (χ0n) is 5.23. The molecule has 10 heavy (non-hydrogen) atoms. The van der Waals surface area contributed by atoms with Crippen LogP contribution in [0, 0.1) is 0 Å². The summed E-state index contributed by atoms with van der Waals surface area (Å²) in [6.07, 6.45) is 3.26. The Morgan fingerprint density at radius 1 is 1.60 bits per heavy atom. The Morgan fingerprint density at radius 2 is 2.50 bits per heavy atom. The van der Waals surface area contributed by atoms with Gasteiger partial charge in [-0.3, -0.25) is 0 Å². The topological polar surface area (TPSA) is 56.2 Å². The van der Waals surface area contributed by atoms with Crippen molar-refractivity contribution in [3.8, 4) is 0 Å². The lowest BCUT2D eigenvalue weighted by molar-refractivity contribution is 0.908. The molecule has 0 bridgehead atoms.